The first-order valence-corrected chi connectivity index (χ1v) is 6.15. The lowest BCUT2D eigenvalue weighted by Gasteiger charge is -2.06. The van der Waals surface area contributed by atoms with E-state index in [-0.39, 0.29) is 0 Å². The Morgan fingerprint density at radius 3 is 2.89 bits per heavy atom. The minimum Gasteiger partial charge on any atom is -0.369 e. The van der Waals surface area contributed by atoms with Gasteiger partial charge in [0.2, 0.25) is 5.95 Å². The molecule has 0 saturated heterocycles. The molecule has 0 aliphatic carbocycles. The number of nitrogens with two attached hydrogens (primary N) is 1. The van der Waals surface area contributed by atoms with Gasteiger partial charge in [0.15, 0.2) is 11.5 Å². The topological polar surface area (TPSA) is 87.4 Å². The SMILES string of the molecule is CCn1cnnc1Cn1c(N)nc2ccc(C)nc21. The van der Waals surface area contributed by atoms with Crippen LogP contribution in [0.2, 0.25) is 0 Å². The summed E-state index contributed by atoms with van der Waals surface area (Å²) in [5, 5.41) is 8.03. The molecule has 0 saturated carbocycles. The highest BCUT2D eigenvalue weighted by molar-refractivity contribution is 5.74. The van der Waals surface area contributed by atoms with Crippen molar-refractivity contribution < 1.29 is 0 Å². The zero-order chi connectivity index (χ0) is 13.4. The standard InChI is InChI=1S/C12H15N7/c1-3-18-7-14-17-10(18)6-19-11-9(16-12(19)13)5-4-8(2)15-11/h4-5,7H,3,6H2,1-2H3,(H2,13,16). The van der Waals surface area contributed by atoms with Gasteiger partial charge in [-0.15, -0.1) is 10.2 Å². The lowest BCUT2D eigenvalue weighted by Crippen LogP contribution is -2.10. The molecular formula is C12H15N7. The van der Waals surface area contributed by atoms with E-state index in [1.54, 1.807) is 6.33 Å². The smallest absolute Gasteiger partial charge is 0.202 e. The molecule has 3 heterocycles. The number of rotatable bonds is 3. The summed E-state index contributed by atoms with van der Waals surface area (Å²) < 4.78 is 3.83. The number of anilines is 1. The van der Waals surface area contributed by atoms with Crippen LogP contribution in [0.4, 0.5) is 5.95 Å². The van der Waals surface area contributed by atoms with Crippen molar-refractivity contribution >= 4 is 17.1 Å². The maximum Gasteiger partial charge on any atom is 0.202 e. The Kier molecular flexibility index (Phi) is 2.66. The zero-order valence-corrected chi connectivity index (χ0v) is 10.9. The first-order chi connectivity index (χ1) is 9.19. The number of hydrogen-bond acceptors (Lipinski definition) is 5. The molecule has 0 amide bonds. The monoisotopic (exact) mass is 257 g/mol. The molecule has 0 fully saturated rings. The van der Waals surface area contributed by atoms with Gasteiger partial charge in [-0.2, -0.15) is 0 Å². The number of aromatic nitrogens is 6. The third kappa shape index (κ3) is 1.92. The van der Waals surface area contributed by atoms with Gasteiger partial charge >= 0.3 is 0 Å². The molecule has 19 heavy (non-hydrogen) atoms. The molecule has 0 bridgehead atoms. The van der Waals surface area contributed by atoms with Crippen LogP contribution in [0.5, 0.6) is 0 Å². The maximum absolute atomic E-state index is 5.97. The van der Waals surface area contributed by atoms with Gasteiger partial charge in [-0.25, -0.2) is 9.97 Å². The van der Waals surface area contributed by atoms with E-state index in [9.17, 15) is 0 Å². The lowest BCUT2D eigenvalue weighted by molar-refractivity contribution is 0.660. The summed E-state index contributed by atoms with van der Waals surface area (Å²) in [5.74, 6) is 1.29. The van der Waals surface area contributed by atoms with Gasteiger partial charge in [0, 0.05) is 12.2 Å². The fraction of sp³-hybridized carbons (Fsp3) is 0.333. The predicted molar refractivity (Wildman–Crippen MR) is 71.5 cm³/mol. The molecule has 3 aromatic heterocycles. The van der Waals surface area contributed by atoms with Crippen LogP contribution in [0.1, 0.15) is 18.4 Å². The molecule has 3 aromatic rings. The first kappa shape index (κ1) is 11.6. The molecule has 0 aliphatic rings. The molecule has 0 aliphatic heterocycles. The van der Waals surface area contributed by atoms with Crippen molar-refractivity contribution in [2.75, 3.05) is 5.73 Å². The fourth-order valence-electron chi connectivity index (χ4n) is 2.08. The number of pyridine rings is 1. The molecule has 2 N–H and O–H groups in total. The average Bonchev–Trinajstić information content (AvgIpc) is 2.96. The molecule has 0 atom stereocenters. The van der Waals surface area contributed by atoms with Gasteiger partial charge in [0.05, 0.1) is 6.54 Å². The Balaban J connectivity index is 2.09. The molecule has 0 unspecified atom stereocenters. The fourth-order valence-corrected chi connectivity index (χ4v) is 2.08. The largest absolute Gasteiger partial charge is 0.369 e. The number of nitrogen functional groups attached to an aromatic ring is 1. The quantitative estimate of drug-likeness (QED) is 0.755. The minimum absolute atomic E-state index is 0.443. The van der Waals surface area contributed by atoms with E-state index < -0.39 is 0 Å². The van der Waals surface area contributed by atoms with Crippen molar-refractivity contribution in [1.82, 2.24) is 29.3 Å². The first-order valence-electron chi connectivity index (χ1n) is 6.15. The molecule has 3 rings (SSSR count). The van der Waals surface area contributed by atoms with Crippen molar-refractivity contribution in [3.05, 3.63) is 30.0 Å². The highest BCUT2D eigenvalue weighted by Gasteiger charge is 2.12. The normalized spacial score (nSPS) is 11.3. The van der Waals surface area contributed by atoms with Crippen molar-refractivity contribution in [3.63, 3.8) is 0 Å². The molecule has 0 radical (unpaired) electrons. The third-order valence-corrected chi connectivity index (χ3v) is 3.10. The molecule has 7 nitrogen and oxygen atoms in total. The molecule has 0 spiro atoms. The third-order valence-electron chi connectivity index (χ3n) is 3.10. The van der Waals surface area contributed by atoms with E-state index in [0.29, 0.717) is 12.5 Å². The van der Waals surface area contributed by atoms with E-state index in [1.165, 1.54) is 0 Å². The van der Waals surface area contributed by atoms with Gasteiger partial charge in [-0.3, -0.25) is 4.57 Å². The Morgan fingerprint density at radius 1 is 1.26 bits per heavy atom. The zero-order valence-electron chi connectivity index (χ0n) is 10.9. The van der Waals surface area contributed by atoms with E-state index in [0.717, 1.165) is 29.2 Å². The Bertz CT molecular complexity index is 725. The van der Waals surface area contributed by atoms with Crippen LogP contribution in [0.25, 0.3) is 11.2 Å². The molecule has 7 heteroatoms. The molecule has 98 valence electrons. The van der Waals surface area contributed by atoms with E-state index in [1.807, 2.05) is 35.1 Å². The summed E-state index contributed by atoms with van der Waals surface area (Å²) in [6.45, 7) is 5.33. The van der Waals surface area contributed by atoms with Crippen LogP contribution in [0, 0.1) is 6.92 Å². The summed E-state index contributed by atoms with van der Waals surface area (Å²) in [6, 6.07) is 3.85. The Morgan fingerprint density at radius 2 is 2.11 bits per heavy atom. The van der Waals surface area contributed by atoms with Crippen LogP contribution in [0.3, 0.4) is 0 Å². The number of imidazole rings is 1. The highest BCUT2D eigenvalue weighted by atomic mass is 15.3. The lowest BCUT2D eigenvalue weighted by atomic mass is 10.3. The van der Waals surface area contributed by atoms with E-state index in [4.69, 9.17) is 5.73 Å². The summed E-state index contributed by atoms with van der Waals surface area (Å²) >= 11 is 0. The highest BCUT2D eigenvalue weighted by Crippen LogP contribution is 2.17. The van der Waals surface area contributed by atoms with Gasteiger partial charge in [0.1, 0.15) is 11.8 Å². The molecule has 0 aromatic carbocycles. The van der Waals surface area contributed by atoms with Gasteiger partial charge < -0.3 is 10.3 Å². The average molecular weight is 257 g/mol. The van der Waals surface area contributed by atoms with Crippen LogP contribution in [-0.4, -0.2) is 29.3 Å². The molecular weight excluding hydrogens is 242 g/mol. The summed E-state index contributed by atoms with van der Waals surface area (Å²) in [4.78, 5) is 8.81. The summed E-state index contributed by atoms with van der Waals surface area (Å²) in [7, 11) is 0. The minimum atomic E-state index is 0.443. The van der Waals surface area contributed by atoms with Gasteiger partial charge in [-0.1, -0.05) is 0 Å². The van der Waals surface area contributed by atoms with Crippen molar-refractivity contribution in [3.8, 4) is 0 Å². The van der Waals surface area contributed by atoms with Crippen molar-refractivity contribution in [2.45, 2.75) is 26.9 Å². The van der Waals surface area contributed by atoms with Gasteiger partial charge in [-0.05, 0) is 26.0 Å². The van der Waals surface area contributed by atoms with Crippen LogP contribution >= 0.6 is 0 Å². The Labute approximate surface area is 110 Å². The Hall–Kier alpha value is -2.44. The van der Waals surface area contributed by atoms with Crippen LogP contribution in [-0.2, 0) is 13.1 Å². The maximum atomic E-state index is 5.97. The summed E-state index contributed by atoms with van der Waals surface area (Å²) in [5.41, 5.74) is 8.48. The van der Waals surface area contributed by atoms with E-state index >= 15 is 0 Å². The second kappa shape index (κ2) is 4.34. The van der Waals surface area contributed by atoms with Crippen LogP contribution < -0.4 is 5.73 Å². The summed E-state index contributed by atoms with van der Waals surface area (Å²) in [6.07, 6.45) is 1.71. The van der Waals surface area contributed by atoms with Crippen LogP contribution in [0.15, 0.2) is 18.5 Å². The van der Waals surface area contributed by atoms with Gasteiger partial charge in [0.25, 0.3) is 0 Å². The van der Waals surface area contributed by atoms with E-state index in [2.05, 4.69) is 20.2 Å². The van der Waals surface area contributed by atoms with Crippen molar-refractivity contribution in [1.29, 1.82) is 0 Å². The second-order valence-electron chi connectivity index (χ2n) is 4.38. The number of fused-ring (bicyclic) bond motifs is 1. The van der Waals surface area contributed by atoms with Crippen molar-refractivity contribution in [2.24, 2.45) is 0 Å². The predicted octanol–water partition coefficient (Wildman–Crippen LogP) is 0.982. The number of hydrogen-bond donors (Lipinski definition) is 1. The number of aryl methyl sites for hydroxylation is 2. The second-order valence-corrected chi connectivity index (χ2v) is 4.38. The number of nitrogens with zero attached hydrogens (tertiary/aromatic N) is 6.